The van der Waals surface area contributed by atoms with Gasteiger partial charge in [-0.1, -0.05) is 0 Å². The van der Waals surface area contributed by atoms with Gasteiger partial charge in [0.2, 0.25) is 11.8 Å². The quantitative estimate of drug-likeness (QED) is 0.817. The Bertz CT molecular complexity index is 596. The lowest BCUT2D eigenvalue weighted by molar-refractivity contribution is 0.0380. The summed E-state index contributed by atoms with van der Waals surface area (Å²) < 4.78 is 0.527. The summed E-state index contributed by atoms with van der Waals surface area (Å²) in [5.74, 6) is -1.83. The fourth-order valence-electron chi connectivity index (χ4n) is 1.13. The van der Waals surface area contributed by atoms with Crippen molar-refractivity contribution >= 4 is 17.3 Å². The molecule has 17 heavy (non-hydrogen) atoms. The Morgan fingerprint density at radius 1 is 1.24 bits per heavy atom. The highest BCUT2D eigenvalue weighted by atomic mass is 32.1. The second-order valence-electron chi connectivity index (χ2n) is 3.06. The summed E-state index contributed by atoms with van der Waals surface area (Å²) >= 11 is 1.16. The first-order valence-corrected chi connectivity index (χ1v) is 5.42. The molecular formula is C10H7NO5S. The van der Waals surface area contributed by atoms with E-state index in [0.29, 0.717) is 4.73 Å². The minimum Gasteiger partial charge on any atom is -0.492 e. The molecule has 0 saturated heterocycles. The highest BCUT2D eigenvalue weighted by Crippen LogP contribution is 2.19. The molecular weight excluding hydrogens is 246 g/mol. The summed E-state index contributed by atoms with van der Waals surface area (Å²) in [6.07, 6.45) is 0. The molecule has 0 saturated carbocycles. The molecule has 0 fully saturated rings. The van der Waals surface area contributed by atoms with Gasteiger partial charge < -0.3 is 15.1 Å². The SMILES string of the molecule is O=C(On1c(O)ccc1O)c1csccc1=O. The van der Waals surface area contributed by atoms with Crippen LogP contribution < -0.4 is 10.3 Å². The van der Waals surface area contributed by atoms with E-state index in [4.69, 9.17) is 0 Å². The number of carbonyl (C=O) groups is 1. The maximum Gasteiger partial charge on any atom is 0.368 e. The van der Waals surface area contributed by atoms with Crippen LogP contribution >= 0.6 is 11.3 Å². The van der Waals surface area contributed by atoms with E-state index >= 15 is 0 Å². The van der Waals surface area contributed by atoms with Crippen molar-refractivity contribution in [2.45, 2.75) is 0 Å². The zero-order chi connectivity index (χ0) is 12.4. The monoisotopic (exact) mass is 253 g/mol. The smallest absolute Gasteiger partial charge is 0.368 e. The molecule has 0 unspecified atom stereocenters. The Hall–Kier alpha value is -2.28. The number of nitrogens with zero attached hydrogens (tertiary/aromatic N) is 1. The average Bonchev–Trinajstić information content (AvgIpc) is 2.61. The van der Waals surface area contributed by atoms with Crippen molar-refractivity contribution < 1.29 is 19.8 Å². The van der Waals surface area contributed by atoms with Crippen LogP contribution in [0.15, 0.2) is 33.8 Å². The molecule has 2 N–H and O–H groups in total. The van der Waals surface area contributed by atoms with Gasteiger partial charge in [-0.15, -0.1) is 4.73 Å². The number of aromatic nitrogens is 1. The maximum absolute atomic E-state index is 11.6. The fraction of sp³-hybridized carbons (Fsp3) is 0. The van der Waals surface area contributed by atoms with Crippen LogP contribution in [0.25, 0.3) is 0 Å². The largest absolute Gasteiger partial charge is 0.492 e. The molecule has 0 aliphatic heterocycles. The summed E-state index contributed by atoms with van der Waals surface area (Å²) in [5.41, 5.74) is -0.648. The molecule has 0 atom stereocenters. The molecule has 7 heteroatoms. The van der Waals surface area contributed by atoms with Gasteiger partial charge in [0.05, 0.1) is 0 Å². The number of aromatic hydroxyl groups is 2. The second kappa shape index (κ2) is 4.30. The van der Waals surface area contributed by atoms with Gasteiger partial charge >= 0.3 is 5.97 Å². The third-order valence-corrected chi connectivity index (χ3v) is 2.61. The van der Waals surface area contributed by atoms with E-state index in [9.17, 15) is 19.8 Å². The van der Waals surface area contributed by atoms with Gasteiger partial charge in [-0.2, -0.15) is 11.3 Å². The zero-order valence-electron chi connectivity index (χ0n) is 8.36. The maximum atomic E-state index is 11.6. The highest BCUT2D eigenvalue weighted by Gasteiger charge is 2.16. The van der Waals surface area contributed by atoms with E-state index in [1.165, 1.54) is 16.8 Å². The molecule has 2 rings (SSSR count). The van der Waals surface area contributed by atoms with Crippen LogP contribution in [0, 0.1) is 0 Å². The van der Waals surface area contributed by atoms with E-state index in [0.717, 1.165) is 23.5 Å². The zero-order valence-corrected chi connectivity index (χ0v) is 9.18. The topological polar surface area (TPSA) is 88.8 Å². The first-order chi connectivity index (χ1) is 8.09. The van der Waals surface area contributed by atoms with Gasteiger partial charge in [-0.3, -0.25) is 4.79 Å². The summed E-state index contributed by atoms with van der Waals surface area (Å²) in [5, 5.41) is 21.4. The number of hydrogen-bond acceptors (Lipinski definition) is 6. The van der Waals surface area contributed by atoms with Crippen molar-refractivity contribution in [3.63, 3.8) is 0 Å². The van der Waals surface area contributed by atoms with Crippen molar-refractivity contribution in [2.24, 2.45) is 0 Å². The Labute approximate surface area is 98.9 Å². The summed E-state index contributed by atoms with van der Waals surface area (Å²) in [6.45, 7) is 0. The third-order valence-electron chi connectivity index (χ3n) is 1.94. The molecule has 0 radical (unpaired) electrons. The fourth-order valence-corrected chi connectivity index (χ4v) is 1.76. The highest BCUT2D eigenvalue weighted by molar-refractivity contribution is 7.07. The van der Waals surface area contributed by atoms with E-state index in [1.54, 1.807) is 0 Å². The summed E-state index contributed by atoms with van der Waals surface area (Å²) in [4.78, 5) is 27.6. The van der Waals surface area contributed by atoms with E-state index in [2.05, 4.69) is 4.84 Å². The molecule has 2 heterocycles. The summed E-state index contributed by atoms with van der Waals surface area (Å²) in [6, 6.07) is 3.53. The van der Waals surface area contributed by atoms with Gasteiger partial charge in [0, 0.05) is 17.5 Å². The second-order valence-corrected chi connectivity index (χ2v) is 3.84. The Morgan fingerprint density at radius 2 is 1.88 bits per heavy atom. The van der Waals surface area contributed by atoms with Crippen LogP contribution in [-0.2, 0) is 0 Å². The minimum absolute atomic E-state index is 0.162. The number of rotatable bonds is 2. The van der Waals surface area contributed by atoms with Crippen molar-refractivity contribution in [3.05, 3.63) is 44.7 Å². The van der Waals surface area contributed by atoms with Crippen LogP contribution in [-0.4, -0.2) is 20.9 Å². The number of carbonyl (C=O) groups excluding carboxylic acids is 1. The third kappa shape index (κ3) is 2.13. The molecule has 6 nitrogen and oxygen atoms in total. The van der Waals surface area contributed by atoms with Crippen LogP contribution in [0.2, 0.25) is 0 Å². The van der Waals surface area contributed by atoms with E-state index in [-0.39, 0.29) is 5.56 Å². The molecule has 88 valence electrons. The predicted molar refractivity (Wildman–Crippen MR) is 59.3 cm³/mol. The van der Waals surface area contributed by atoms with E-state index < -0.39 is 23.2 Å². The molecule has 0 amide bonds. The molecule has 0 aliphatic carbocycles. The van der Waals surface area contributed by atoms with Gasteiger partial charge in [0.15, 0.2) is 5.43 Å². The van der Waals surface area contributed by atoms with Gasteiger partial charge in [0.1, 0.15) is 5.56 Å². The van der Waals surface area contributed by atoms with Crippen molar-refractivity contribution in [2.75, 3.05) is 0 Å². The van der Waals surface area contributed by atoms with E-state index in [1.807, 2.05) is 0 Å². The normalized spacial score (nSPS) is 10.1. The van der Waals surface area contributed by atoms with Gasteiger partial charge in [-0.05, 0) is 11.4 Å². The Kier molecular flexibility index (Phi) is 2.84. The lowest BCUT2D eigenvalue weighted by atomic mass is 10.3. The van der Waals surface area contributed by atoms with Crippen molar-refractivity contribution in [1.29, 1.82) is 0 Å². The van der Waals surface area contributed by atoms with Gasteiger partial charge in [0.25, 0.3) is 0 Å². The number of hydrogen-bond donors (Lipinski definition) is 2. The molecule has 0 aromatic carbocycles. The predicted octanol–water partition coefficient (Wildman–Crippen LogP) is 0.590. The van der Waals surface area contributed by atoms with Crippen LogP contribution in [0.3, 0.4) is 0 Å². The molecule has 0 aliphatic rings. The lowest BCUT2D eigenvalue weighted by Crippen LogP contribution is -2.24. The Balaban J connectivity index is 2.30. The Morgan fingerprint density at radius 3 is 2.47 bits per heavy atom. The minimum atomic E-state index is -0.950. The van der Waals surface area contributed by atoms with Gasteiger partial charge in [-0.25, -0.2) is 4.79 Å². The molecule has 0 bridgehead atoms. The van der Waals surface area contributed by atoms with Crippen molar-refractivity contribution in [1.82, 2.24) is 4.73 Å². The standard InChI is InChI=1S/C10H7NO5S/c12-7-3-4-17-5-6(7)10(15)16-11-8(13)1-2-9(11)14/h1-5,13-14H. The van der Waals surface area contributed by atoms with Crippen LogP contribution in [0.1, 0.15) is 10.4 Å². The van der Waals surface area contributed by atoms with Crippen molar-refractivity contribution in [3.8, 4) is 11.8 Å². The first kappa shape index (κ1) is 11.2. The lowest BCUT2D eigenvalue weighted by Gasteiger charge is -2.05. The molecule has 2 aromatic rings. The average molecular weight is 253 g/mol. The molecule has 2 aromatic heterocycles. The van der Waals surface area contributed by atoms with Crippen LogP contribution in [0.4, 0.5) is 0 Å². The first-order valence-electron chi connectivity index (χ1n) is 4.48. The summed E-state index contributed by atoms with van der Waals surface area (Å²) in [7, 11) is 0. The van der Waals surface area contributed by atoms with Crippen LogP contribution in [0.5, 0.6) is 11.8 Å². The molecule has 0 spiro atoms.